The van der Waals surface area contributed by atoms with Gasteiger partial charge in [0, 0.05) is 36.5 Å². The highest BCUT2D eigenvalue weighted by atomic mass is 14.9. The van der Waals surface area contributed by atoms with Crippen LogP contribution in [0.1, 0.15) is 18.2 Å². The molecule has 2 heterocycles. The molecule has 1 aliphatic heterocycles. The van der Waals surface area contributed by atoms with E-state index in [0.717, 1.165) is 13.0 Å². The van der Waals surface area contributed by atoms with Gasteiger partial charge in [-0.3, -0.25) is 0 Å². The van der Waals surface area contributed by atoms with Crippen LogP contribution in [-0.2, 0) is 13.0 Å². The Hall–Kier alpha value is -0.960. The van der Waals surface area contributed by atoms with Crippen molar-refractivity contribution in [2.75, 3.05) is 0 Å². The largest absolute Gasteiger partial charge is 0.310 e. The lowest BCUT2D eigenvalue weighted by atomic mass is 10.0. The summed E-state index contributed by atoms with van der Waals surface area (Å²) >= 11 is 0. The topological polar surface area (TPSA) is 37.8 Å². The van der Waals surface area contributed by atoms with E-state index in [9.17, 15) is 0 Å². The SMILES string of the molecule is CC1Cc2ncncc2CN1. The van der Waals surface area contributed by atoms with E-state index < -0.39 is 0 Å². The molecule has 0 saturated heterocycles. The van der Waals surface area contributed by atoms with Crippen LogP contribution in [0.4, 0.5) is 0 Å². The van der Waals surface area contributed by atoms with E-state index in [1.165, 1.54) is 11.3 Å². The van der Waals surface area contributed by atoms with Gasteiger partial charge in [0.15, 0.2) is 0 Å². The zero-order valence-electron chi connectivity index (χ0n) is 6.54. The molecule has 3 nitrogen and oxygen atoms in total. The Morgan fingerprint density at radius 3 is 3.45 bits per heavy atom. The van der Waals surface area contributed by atoms with Crippen molar-refractivity contribution in [3.05, 3.63) is 23.8 Å². The number of hydrogen-bond donors (Lipinski definition) is 1. The normalized spacial score (nSPS) is 22.8. The third-order valence-corrected chi connectivity index (χ3v) is 2.02. The molecule has 1 aliphatic rings. The van der Waals surface area contributed by atoms with Crippen LogP contribution in [0.25, 0.3) is 0 Å². The maximum atomic E-state index is 4.22. The summed E-state index contributed by atoms with van der Waals surface area (Å²) in [5.41, 5.74) is 2.44. The molecule has 0 saturated carbocycles. The highest BCUT2D eigenvalue weighted by molar-refractivity contribution is 5.19. The van der Waals surface area contributed by atoms with Crippen molar-refractivity contribution in [3.8, 4) is 0 Å². The summed E-state index contributed by atoms with van der Waals surface area (Å²) in [7, 11) is 0. The highest BCUT2D eigenvalue weighted by Gasteiger charge is 2.14. The Kier molecular flexibility index (Phi) is 1.58. The molecule has 1 N–H and O–H groups in total. The molecular formula is C8H11N3. The van der Waals surface area contributed by atoms with Crippen molar-refractivity contribution in [2.24, 2.45) is 0 Å². The summed E-state index contributed by atoms with van der Waals surface area (Å²) in [6, 6.07) is 0.553. The van der Waals surface area contributed by atoms with Crippen LogP contribution >= 0.6 is 0 Å². The molecule has 58 valence electrons. The zero-order valence-corrected chi connectivity index (χ0v) is 6.54. The fraction of sp³-hybridized carbons (Fsp3) is 0.500. The van der Waals surface area contributed by atoms with Crippen LogP contribution in [0.5, 0.6) is 0 Å². The number of nitrogens with zero attached hydrogens (tertiary/aromatic N) is 2. The Morgan fingerprint density at radius 1 is 1.64 bits per heavy atom. The Labute approximate surface area is 65.9 Å². The lowest BCUT2D eigenvalue weighted by molar-refractivity contribution is 0.503. The van der Waals surface area contributed by atoms with Crippen LogP contribution < -0.4 is 5.32 Å². The van der Waals surface area contributed by atoms with Crippen molar-refractivity contribution < 1.29 is 0 Å². The second-order valence-electron chi connectivity index (χ2n) is 2.98. The van der Waals surface area contributed by atoms with Crippen molar-refractivity contribution in [2.45, 2.75) is 25.9 Å². The smallest absolute Gasteiger partial charge is 0.115 e. The van der Waals surface area contributed by atoms with E-state index >= 15 is 0 Å². The summed E-state index contributed by atoms with van der Waals surface area (Å²) in [5.74, 6) is 0. The summed E-state index contributed by atoms with van der Waals surface area (Å²) in [5, 5.41) is 3.36. The van der Waals surface area contributed by atoms with Gasteiger partial charge in [0.25, 0.3) is 0 Å². The standard InChI is InChI=1S/C8H11N3/c1-6-2-8-7(4-10-6)3-9-5-11-8/h3,5-6,10H,2,4H2,1H3. The van der Waals surface area contributed by atoms with E-state index in [1.54, 1.807) is 6.33 Å². The van der Waals surface area contributed by atoms with Crippen LogP contribution in [0.3, 0.4) is 0 Å². The van der Waals surface area contributed by atoms with E-state index in [2.05, 4.69) is 22.2 Å². The molecule has 2 rings (SSSR count). The number of aromatic nitrogens is 2. The molecule has 0 aliphatic carbocycles. The second kappa shape index (κ2) is 2.58. The first-order valence-electron chi connectivity index (χ1n) is 3.87. The van der Waals surface area contributed by atoms with Gasteiger partial charge < -0.3 is 5.32 Å². The van der Waals surface area contributed by atoms with Gasteiger partial charge in [-0.15, -0.1) is 0 Å². The van der Waals surface area contributed by atoms with Crippen LogP contribution in [0.2, 0.25) is 0 Å². The average Bonchev–Trinajstić information content (AvgIpc) is 2.04. The minimum Gasteiger partial charge on any atom is -0.310 e. The third-order valence-electron chi connectivity index (χ3n) is 2.02. The molecular weight excluding hydrogens is 138 g/mol. The van der Waals surface area contributed by atoms with E-state index in [0.29, 0.717) is 6.04 Å². The molecule has 11 heavy (non-hydrogen) atoms. The summed E-state index contributed by atoms with van der Waals surface area (Å²) in [6.45, 7) is 3.09. The van der Waals surface area contributed by atoms with E-state index in [4.69, 9.17) is 0 Å². The zero-order chi connectivity index (χ0) is 7.68. The maximum Gasteiger partial charge on any atom is 0.115 e. The predicted octanol–water partition coefficient (Wildman–Crippen LogP) is 0.511. The molecule has 0 spiro atoms. The Bertz CT molecular complexity index is 259. The van der Waals surface area contributed by atoms with Crippen LogP contribution in [0, 0.1) is 0 Å². The average molecular weight is 149 g/mol. The first-order valence-corrected chi connectivity index (χ1v) is 3.87. The predicted molar refractivity (Wildman–Crippen MR) is 42.0 cm³/mol. The quantitative estimate of drug-likeness (QED) is 0.584. The number of fused-ring (bicyclic) bond motifs is 1. The van der Waals surface area contributed by atoms with Gasteiger partial charge in [0.2, 0.25) is 0 Å². The molecule has 1 aromatic rings. The summed E-state index contributed by atoms with van der Waals surface area (Å²) in [6.07, 6.45) is 4.54. The van der Waals surface area contributed by atoms with Gasteiger partial charge in [-0.2, -0.15) is 0 Å². The molecule has 1 aromatic heterocycles. The molecule has 1 unspecified atom stereocenters. The Balaban J connectivity index is 2.34. The van der Waals surface area contributed by atoms with Crippen LogP contribution in [0.15, 0.2) is 12.5 Å². The van der Waals surface area contributed by atoms with Crippen molar-refractivity contribution in [1.82, 2.24) is 15.3 Å². The summed E-state index contributed by atoms with van der Waals surface area (Å²) < 4.78 is 0. The summed E-state index contributed by atoms with van der Waals surface area (Å²) in [4.78, 5) is 8.19. The molecule has 3 heteroatoms. The van der Waals surface area contributed by atoms with Gasteiger partial charge in [-0.05, 0) is 6.92 Å². The van der Waals surface area contributed by atoms with Gasteiger partial charge in [-0.1, -0.05) is 0 Å². The Morgan fingerprint density at radius 2 is 2.55 bits per heavy atom. The highest BCUT2D eigenvalue weighted by Crippen LogP contribution is 2.11. The lowest BCUT2D eigenvalue weighted by Gasteiger charge is -2.20. The fourth-order valence-corrected chi connectivity index (χ4v) is 1.36. The maximum absolute atomic E-state index is 4.22. The lowest BCUT2D eigenvalue weighted by Crippen LogP contribution is -2.33. The fourth-order valence-electron chi connectivity index (χ4n) is 1.36. The number of nitrogens with one attached hydrogen (secondary N) is 1. The van der Waals surface area contributed by atoms with Gasteiger partial charge in [-0.25, -0.2) is 9.97 Å². The molecule has 0 amide bonds. The first kappa shape index (κ1) is 6.73. The van der Waals surface area contributed by atoms with Crippen molar-refractivity contribution in [1.29, 1.82) is 0 Å². The number of hydrogen-bond acceptors (Lipinski definition) is 3. The monoisotopic (exact) mass is 149 g/mol. The van der Waals surface area contributed by atoms with Crippen molar-refractivity contribution in [3.63, 3.8) is 0 Å². The first-order chi connectivity index (χ1) is 5.36. The molecule has 0 aromatic carbocycles. The van der Waals surface area contributed by atoms with Crippen LogP contribution in [-0.4, -0.2) is 16.0 Å². The second-order valence-corrected chi connectivity index (χ2v) is 2.98. The molecule has 0 fully saturated rings. The van der Waals surface area contributed by atoms with Gasteiger partial charge in [0.1, 0.15) is 6.33 Å². The molecule has 0 bridgehead atoms. The van der Waals surface area contributed by atoms with E-state index in [1.807, 2.05) is 6.20 Å². The molecule has 0 radical (unpaired) electrons. The van der Waals surface area contributed by atoms with E-state index in [-0.39, 0.29) is 0 Å². The molecule has 1 atom stereocenters. The van der Waals surface area contributed by atoms with Gasteiger partial charge in [0.05, 0.1) is 0 Å². The minimum atomic E-state index is 0.553. The number of rotatable bonds is 0. The van der Waals surface area contributed by atoms with Crippen molar-refractivity contribution >= 4 is 0 Å². The minimum absolute atomic E-state index is 0.553. The van der Waals surface area contributed by atoms with Gasteiger partial charge >= 0.3 is 0 Å². The third kappa shape index (κ3) is 1.24.